The standard InChI is InChI=1S/C20H17NO2/c22-19-14-5-1-2-6-15(14)20(23)21(19)17-11-10-13-9-8-12-4-3-7-16(17)18(12)13/h1-7,14-15H,8-11H2. The van der Waals surface area contributed by atoms with Gasteiger partial charge in [-0.1, -0.05) is 48.1 Å². The van der Waals surface area contributed by atoms with Crippen molar-refractivity contribution in [2.75, 3.05) is 0 Å². The van der Waals surface area contributed by atoms with E-state index in [1.165, 1.54) is 21.3 Å². The van der Waals surface area contributed by atoms with Crippen LogP contribution in [0, 0.1) is 11.8 Å². The summed E-state index contributed by atoms with van der Waals surface area (Å²) in [6.07, 6.45) is 11.4. The molecule has 3 heteroatoms. The van der Waals surface area contributed by atoms with Crippen molar-refractivity contribution in [3.05, 3.63) is 58.5 Å². The highest BCUT2D eigenvalue weighted by molar-refractivity contribution is 6.12. The number of carbonyl (C=O) groups excluding carboxylic acids is 2. The largest absolute Gasteiger partial charge is 0.273 e. The molecule has 1 aromatic rings. The molecule has 0 aromatic heterocycles. The summed E-state index contributed by atoms with van der Waals surface area (Å²) in [4.78, 5) is 27.2. The number of imide groups is 1. The number of likely N-dealkylation sites (tertiary alicyclic amines) is 1. The van der Waals surface area contributed by atoms with E-state index >= 15 is 0 Å². The third-order valence-corrected chi connectivity index (χ3v) is 5.59. The first-order chi connectivity index (χ1) is 11.3. The van der Waals surface area contributed by atoms with Crippen LogP contribution in [-0.2, 0) is 16.0 Å². The molecule has 4 aliphatic rings. The lowest BCUT2D eigenvalue weighted by Gasteiger charge is -2.22. The van der Waals surface area contributed by atoms with Gasteiger partial charge < -0.3 is 0 Å². The van der Waals surface area contributed by atoms with Crippen LogP contribution >= 0.6 is 0 Å². The summed E-state index contributed by atoms with van der Waals surface area (Å²) >= 11 is 0. The number of fused-ring (bicyclic) bond motifs is 1. The van der Waals surface area contributed by atoms with Crippen molar-refractivity contribution in [3.63, 3.8) is 0 Å². The van der Waals surface area contributed by atoms with Gasteiger partial charge in [0.15, 0.2) is 0 Å². The maximum absolute atomic E-state index is 12.8. The summed E-state index contributed by atoms with van der Waals surface area (Å²) in [5, 5.41) is 2.42. The summed E-state index contributed by atoms with van der Waals surface area (Å²) in [6, 6.07) is 6.31. The fraction of sp³-hybridized carbons (Fsp3) is 0.300. The van der Waals surface area contributed by atoms with Gasteiger partial charge >= 0.3 is 0 Å². The van der Waals surface area contributed by atoms with Gasteiger partial charge in [-0.25, -0.2) is 0 Å². The van der Waals surface area contributed by atoms with E-state index in [1.807, 2.05) is 24.3 Å². The Hall–Kier alpha value is -2.42. The van der Waals surface area contributed by atoms with Gasteiger partial charge in [-0.2, -0.15) is 0 Å². The van der Waals surface area contributed by atoms with Crippen molar-refractivity contribution < 1.29 is 9.59 Å². The Morgan fingerprint density at radius 1 is 0.870 bits per heavy atom. The Morgan fingerprint density at radius 3 is 2.30 bits per heavy atom. The lowest BCUT2D eigenvalue weighted by Crippen LogP contribution is -2.41. The molecule has 1 aliphatic heterocycles. The maximum atomic E-state index is 12.8. The van der Waals surface area contributed by atoms with E-state index in [0.29, 0.717) is 0 Å². The highest BCUT2D eigenvalue weighted by atomic mass is 16.2. The molecule has 1 fully saturated rings. The average molecular weight is 303 g/mol. The molecule has 114 valence electrons. The minimum atomic E-state index is -0.317. The molecule has 5 rings (SSSR count). The number of carbonyl (C=O) groups is 2. The maximum Gasteiger partial charge on any atom is 0.241 e. The highest BCUT2D eigenvalue weighted by Crippen LogP contribution is 2.36. The zero-order valence-corrected chi connectivity index (χ0v) is 12.8. The SMILES string of the molecule is O=C1C2C=CC=CC2C(=O)N1C1=c2cccc3c2=C(CC1)CC3. The summed E-state index contributed by atoms with van der Waals surface area (Å²) in [6.45, 7) is 0. The fourth-order valence-electron chi connectivity index (χ4n) is 4.51. The Morgan fingerprint density at radius 2 is 1.57 bits per heavy atom. The van der Waals surface area contributed by atoms with Gasteiger partial charge in [0.25, 0.3) is 0 Å². The first-order valence-electron chi connectivity index (χ1n) is 8.31. The summed E-state index contributed by atoms with van der Waals surface area (Å²) < 4.78 is 0. The topological polar surface area (TPSA) is 37.4 Å². The van der Waals surface area contributed by atoms with Gasteiger partial charge in [-0.15, -0.1) is 0 Å². The van der Waals surface area contributed by atoms with Crippen LogP contribution in [0.5, 0.6) is 0 Å². The van der Waals surface area contributed by atoms with Gasteiger partial charge in [0.1, 0.15) is 0 Å². The predicted molar refractivity (Wildman–Crippen MR) is 87.2 cm³/mol. The van der Waals surface area contributed by atoms with Crippen LogP contribution in [0.4, 0.5) is 0 Å². The lowest BCUT2D eigenvalue weighted by molar-refractivity contribution is -0.135. The van der Waals surface area contributed by atoms with Gasteiger partial charge in [0.2, 0.25) is 11.8 Å². The Labute approximate surface area is 134 Å². The van der Waals surface area contributed by atoms with E-state index in [1.54, 1.807) is 0 Å². The molecule has 0 saturated carbocycles. The second-order valence-corrected chi connectivity index (χ2v) is 6.72. The van der Waals surface area contributed by atoms with Gasteiger partial charge in [0, 0.05) is 10.9 Å². The lowest BCUT2D eigenvalue weighted by atomic mass is 9.91. The van der Waals surface area contributed by atoms with Crippen molar-refractivity contribution in [1.29, 1.82) is 0 Å². The van der Waals surface area contributed by atoms with E-state index in [2.05, 4.69) is 18.2 Å². The monoisotopic (exact) mass is 303 g/mol. The van der Waals surface area contributed by atoms with E-state index in [0.717, 1.165) is 36.6 Å². The second kappa shape index (κ2) is 4.54. The van der Waals surface area contributed by atoms with Crippen molar-refractivity contribution in [2.24, 2.45) is 11.8 Å². The van der Waals surface area contributed by atoms with Crippen LogP contribution < -0.4 is 10.4 Å². The number of hydrogen-bond donors (Lipinski definition) is 0. The number of nitrogens with zero attached hydrogens (tertiary/aromatic N) is 1. The van der Waals surface area contributed by atoms with Crippen LogP contribution in [0.2, 0.25) is 0 Å². The first kappa shape index (κ1) is 13.1. The molecular formula is C20H17NO2. The molecule has 0 N–H and O–H groups in total. The number of amides is 2. The Kier molecular flexibility index (Phi) is 2.58. The summed E-state index contributed by atoms with van der Waals surface area (Å²) in [5.74, 6) is -0.756. The van der Waals surface area contributed by atoms with E-state index in [4.69, 9.17) is 0 Å². The van der Waals surface area contributed by atoms with Crippen LogP contribution in [-0.4, -0.2) is 16.7 Å². The third kappa shape index (κ3) is 1.65. The smallest absolute Gasteiger partial charge is 0.241 e. The van der Waals surface area contributed by atoms with Gasteiger partial charge in [-0.05, 0) is 36.5 Å². The quantitative estimate of drug-likeness (QED) is 0.736. The molecule has 3 aliphatic carbocycles. The molecule has 0 bridgehead atoms. The molecule has 1 heterocycles. The molecule has 23 heavy (non-hydrogen) atoms. The number of rotatable bonds is 1. The normalized spacial score (nSPS) is 27.7. The summed E-state index contributed by atoms with van der Waals surface area (Å²) in [5.41, 5.74) is 3.78. The van der Waals surface area contributed by atoms with Crippen LogP contribution in [0.3, 0.4) is 0 Å². The van der Waals surface area contributed by atoms with Crippen molar-refractivity contribution >= 4 is 23.1 Å². The molecule has 2 amide bonds. The number of allylic oxidation sites excluding steroid dienone is 2. The van der Waals surface area contributed by atoms with Gasteiger partial charge in [0.05, 0.1) is 11.8 Å². The van der Waals surface area contributed by atoms with E-state index < -0.39 is 0 Å². The molecule has 0 radical (unpaired) electrons. The number of benzene rings is 1. The van der Waals surface area contributed by atoms with E-state index in [-0.39, 0.29) is 23.7 Å². The number of aryl methyl sites for hydroxylation is 1. The van der Waals surface area contributed by atoms with Crippen molar-refractivity contribution in [2.45, 2.75) is 25.7 Å². The molecule has 3 nitrogen and oxygen atoms in total. The molecule has 1 aromatic carbocycles. The first-order valence-corrected chi connectivity index (χ1v) is 8.31. The fourth-order valence-corrected chi connectivity index (χ4v) is 4.51. The molecule has 0 spiro atoms. The second-order valence-electron chi connectivity index (χ2n) is 6.72. The predicted octanol–water partition coefficient (Wildman–Crippen LogP) is 1.41. The zero-order chi connectivity index (χ0) is 15.6. The minimum absolute atomic E-state index is 0.0605. The third-order valence-electron chi connectivity index (χ3n) is 5.59. The van der Waals surface area contributed by atoms with Crippen LogP contribution in [0.25, 0.3) is 11.3 Å². The van der Waals surface area contributed by atoms with E-state index in [9.17, 15) is 9.59 Å². The molecule has 1 saturated heterocycles. The van der Waals surface area contributed by atoms with Crippen molar-refractivity contribution in [3.8, 4) is 0 Å². The van der Waals surface area contributed by atoms with Crippen LogP contribution in [0.15, 0.2) is 42.5 Å². The molecular weight excluding hydrogens is 286 g/mol. The minimum Gasteiger partial charge on any atom is -0.273 e. The molecule has 2 atom stereocenters. The summed E-state index contributed by atoms with van der Waals surface area (Å²) in [7, 11) is 0. The molecule has 2 unspecified atom stereocenters. The zero-order valence-electron chi connectivity index (χ0n) is 12.8. The average Bonchev–Trinajstić information content (AvgIpc) is 3.11. The van der Waals surface area contributed by atoms with Crippen molar-refractivity contribution in [1.82, 2.24) is 4.90 Å². The van der Waals surface area contributed by atoms with Crippen LogP contribution in [0.1, 0.15) is 24.8 Å². The Bertz CT molecular complexity index is 905. The number of hydrogen-bond acceptors (Lipinski definition) is 2. The van der Waals surface area contributed by atoms with Gasteiger partial charge in [-0.3, -0.25) is 14.5 Å². The Balaban J connectivity index is 1.75. The highest BCUT2D eigenvalue weighted by Gasteiger charge is 2.47.